The lowest BCUT2D eigenvalue weighted by Crippen LogP contribution is -2.45. The van der Waals surface area contributed by atoms with Crippen LogP contribution in [0.5, 0.6) is 5.75 Å². The van der Waals surface area contributed by atoms with E-state index in [1.807, 2.05) is 0 Å². The SMILES string of the molecule is NC(=O)C1CCCN(C(=O)COc2ccccc2N)C1. The molecule has 108 valence electrons. The monoisotopic (exact) mass is 277 g/mol. The lowest BCUT2D eigenvalue weighted by molar-refractivity contribution is -0.136. The van der Waals surface area contributed by atoms with Crippen molar-refractivity contribution in [3.05, 3.63) is 24.3 Å². The van der Waals surface area contributed by atoms with E-state index in [1.54, 1.807) is 29.2 Å². The first-order valence-electron chi connectivity index (χ1n) is 6.62. The van der Waals surface area contributed by atoms with E-state index in [-0.39, 0.29) is 24.3 Å². The maximum Gasteiger partial charge on any atom is 0.260 e. The van der Waals surface area contributed by atoms with Crippen LogP contribution in [0.1, 0.15) is 12.8 Å². The number of nitrogens with two attached hydrogens (primary N) is 2. The standard InChI is InChI=1S/C14H19N3O3/c15-11-5-1-2-6-12(11)20-9-13(18)17-7-3-4-10(8-17)14(16)19/h1-2,5-6,10H,3-4,7-9,15H2,(H2,16,19). The summed E-state index contributed by atoms with van der Waals surface area (Å²) in [6.07, 6.45) is 1.53. The van der Waals surface area contributed by atoms with Crippen molar-refractivity contribution in [1.82, 2.24) is 4.90 Å². The van der Waals surface area contributed by atoms with Crippen molar-refractivity contribution in [3.8, 4) is 5.75 Å². The average molecular weight is 277 g/mol. The Kier molecular flexibility index (Phi) is 4.45. The van der Waals surface area contributed by atoms with Crippen LogP contribution >= 0.6 is 0 Å². The van der Waals surface area contributed by atoms with Crippen molar-refractivity contribution in [2.24, 2.45) is 11.7 Å². The number of amides is 2. The predicted molar refractivity (Wildman–Crippen MR) is 74.8 cm³/mol. The Hall–Kier alpha value is -2.24. The molecule has 2 amide bonds. The van der Waals surface area contributed by atoms with Gasteiger partial charge in [0.15, 0.2) is 6.61 Å². The number of para-hydroxylation sites is 2. The van der Waals surface area contributed by atoms with Crippen LogP contribution in [0.2, 0.25) is 0 Å². The largest absolute Gasteiger partial charge is 0.482 e. The second-order valence-corrected chi connectivity index (χ2v) is 4.91. The molecule has 0 saturated carbocycles. The first kappa shape index (κ1) is 14.2. The summed E-state index contributed by atoms with van der Waals surface area (Å²) in [5, 5.41) is 0. The molecule has 0 radical (unpaired) electrons. The van der Waals surface area contributed by atoms with Gasteiger partial charge >= 0.3 is 0 Å². The smallest absolute Gasteiger partial charge is 0.260 e. The third-order valence-electron chi connectivity index (χ3n) is 3.45. The molecule has 1 heterocycles. The Morgan fingerprint density at radius 3 is 2.80 bits per heavy atom. The van der Waals surface area contributed by atoms with E-state index in [4.69, 9.17) is 16.2 Å². The van der Waals surface area contributed by atoms with Crippen molar-refractivity contribution in [2.75, 3.05) is 25.4 Å². The van der Waals surface area contributed by atoms with Gasteiger partial charge in [0.2, 0.25) is 5.91 Å². The van der Waals surface area contributed by atoms with Gasteiger partial charge in [0.25, 0.3) is 5.91 Å². The number of hydrogen-bond acceptors (Lipinski definition) is 4. The molecule has 2 rings (SSSR count). The lowest BCUT2D eigenvalue weighted by atomic mass is 9.97. The van der Waals surface area contributed by atoms with Gasteiger partial charge in [0.1, 0.15) is 5.75 Å². The molecular formula is C14H19N3O3. The highest BCUT2D eigenvalue weighted by atomic mass is 16.5. The molecule has 1 saturated heterocycles. The summed E-state index contributed by atoms with van der Waals surface area (Å²) < 4.78 is 5.42. The highest BCUT2D eigenvalue weighted by molar-refractivity contribution is 5.81. The molecule has 1 aliphatic heterocycles. The predicted octanol–water partition coefficient (Wildman–Crippen LogP) is 0.371. The summed E-state index contributed by atoms with van der Waals surface area (Å²) >= 11 is 0. The second kappa shape index (κ2) is 6.27. The van der Waals surface area contributed by atoms with Crippen LogP contribution < -0.4 is 16.2 Å². The first-order valence-corrected chi connectivity index (χ1v) is 6.62. The van der Waals surface area contributed by atoms with Gasteiger partial charge in [-0.3, -0.25) is 9.59 Å². The number of nitrogen functional groups attached to an aromatic ring is 1. The third-order valence-corrected chi connectivity index (χ3v) is 3.45. The van der Waals surface area contributed by atoms with Crippen LogP contribution in [-0.2, 0) is 9.59 Å². The van der Waals surface area contributed by atoms with E-state index in [1.165, 1.54) is 0 Å². The van der Waals surface area contributed by atoms with Crippen molar-refractivity contribution >= 4 is 17.5 Å². The minimum atomic E-state index is -0.351. The Balaban J connectivity index is 1.89. The zero-order valence-corrected chi connectivity index (χ0v) is 11.2. The topological polar surface area (TPSA) is 98.7 Å². The van der Waals surface area contributed by atoms with Crippen LogP contribution in [-0.4, -0.2) is 36.4 Å². The lowest BCUT2D eigenvalue weighted by Gasteiger charge is -2.31. The van der Waals surface area contributed by atoms with E-state index >= 15 is 0 Å². The molecule has 1 atom stereocenters. The molecule has 6 heteroatoms. The zero-order valence-electron chi connectivity index (χ0n) is 11.2. The van der Waals surface area contributed by atoms with Gasteiger partial charge in [-0.25, -0.2) is 0 Å². The fourth-order valence-electron chi connectivity index (χ4n) is 2.28. The number of carbonyl (C=O) groups is 2. The Bertz CT molecular complexity index is 504. The fourth-order valence-corrected chi connectivity index (χ4v) is 2.28. The van der Waals surface area contributed by atoms with E-state index in [0.717, 1.165) is 12.8 Å². The molecule has 4 N–H and O–H groups in total. The summed E-state index contributed by atoms with van der Waals surface area (Å²) in [5.41, 5.74) is 11.5. The van der Waals surface area contributed by atoms with Crippen LogP contribution in [0.3, 0.4) is 0 Å². The van der Waals surface area contributed by atoms with Gasteiger partial charge in [0.05, 0.1) is 11.6 Å². The second-order valence-electron chi connectivity index (χ2n) is 4.91. The molecule has 0 aliphatic carbocycles. The number of nitrogens with zero attached hydrogens (tertiary/aromatic N) is 1. The normalized spacial score (nSPS) is 18.6. The molecule has 1 unspecified atom stereocenters. The van der Waals surface area contributed by atoms with Gasteiger partial charge in [-0.2, -0.15) is 0 Å². The molecular weight excluding hydrogens is 258 g/mol. The molecule has 0 spiro atoms. The average Bonchev–Trinajstić information content (AvgIpc) is 2.46. The summed E-state index contributed by atoms with van der Waals surface area (Å²) in [6, 6.07) is 7.02. The minimum Gasteiger partial charge on any atom is -0.482 e. The Morgan fingerprint density at radius 2 is 2.10 bits per heavy atom. The molecule has 20 heavy (non-hydrogen) atoms. The molecule has 6 nitrogen and oxygen atoms in total. The van der Waals surface area contributed by atoms with E-state index in [9.17, 15) is 9.59 Å². The number of carbonyl (C=O) groups excluding carboxylic acids is 2. The summed E-state index contributed by atoms with van der Waals surface area (Å²) in [7, 11) is 0. The third kappa shape index (κ3) is 3.40. The first-order chi connectivity index (χ1) is 9.58. The van der Waals surface area contributed by atoms with Crippen molar-refractivity contribution in [2.45, 2.75) is 12.8 Å². The van der Waals surface area contributed by atoms with Crippen LogP contribution in [0.15, 0.2) is 24.3 Å². The van der Waals surface area contributed by atoms with Gasteiger partial charge in [-0.15, -0.1) is 0 Å². The van der Waals surface area contributed by atoms with Gasteiger partial charge in [-0.05, 0) is 25.0 Å². The number of anilines is 1. The van der Waals surface area contributed by atoms with Gasteiger partial charge < -0.3 is 21.1 Å². The molecule has 1 aromatic rings. The summed E-state index contributed by atoms with van der Waals surface area (Å²) in [5.74, 6) is -0.270. The maximum atomic E-state index is 12.1. The number of ether oxygens (including phenoxy) is 1. The minimum absolute atomic E-state index is 0.0836. The molecule has 1 aromatic carbocycles. The zero-order chi connectivity index (χ0) is 14.5. The Morgan fingerprint density at radius 1 is 1.35 bits per heavy atom. The summed E-state index contributed by atoms with van der Waals surface area (Å²) in [6.45, 7) is 0.928. The quantitative estimate of drug-likeness (QED) is 0.777. The van der Waals surface area contributed by atoms with Crippen molar-refractivity contribution < 1.29 is 14.3 Å². The Labute approximate surface area is 117 Å². The number of likely N-dealkylation sites (tertiary alicyclic amines) is 1. The van der Waals surface area contributed by atoms with E-state index in [2.05, 4.69) is 0 Å². The number of piperidine rings is 1. The van der Waals surface area contributed by atoms with E-state index in [0.29, 0.717) is 24.5 Å². The fraction of sp³-hybridized carbons (Fsp3) is 0.429. The van der Waals surface area contributed by atoms with Crippen molar-refractivity contribution in [1.29, 1.82) is 0 Å². The highest BCUT2D eigenvalue weighted by Gasteiger charge is 2.27. The van der Waals surface area contributed by atoms with E-state index < -0.39 is 0 Å². The summed E-state index contributed by atoms with van der Waals surface area (Å²) in [4.78, 5) is 24.9. The molecule has 1 aliphatic rings. The number of rotatable bonds is 4. The number of hydrogen-bond donors (Lipinski definition) is 2. The molecule has 0 aromatic heterocycles. The molecule has 1 fully saturated rings. The number of benzene rings is 1. The van der Waals surface area contributed by atoms with Crippen molar-refractivity contribution in [3.63, 3.8) is 0 Å². The van der Waals surface area contributed by atoms with Gasteiger partial charge in [-0.1, -0.05) is 12.1 Å². The highest BCUT2D eigenvalue weighted by Crippen LogP contribution is 2.20. The van der Waals surface area contributed by atoms with Gasteiger partial charge in [0, 0.05) is 13.1 Å². The van der Waals surface area contributed by atoms with Crippen LogP contribution in [0, 0.1) is 5.92 Å². The number of primary amides is 1. The maximum absolute atomic E-state index is 12.1. The molecule has 0 bridgehead atoms. The van der Waals surface area contributed by atoms with Crippen LogP contribution in [0.25, 0.3) is 0 Å². The van der Waals surface area contributed by atoms with Crippen LogP contribution in [0.4, 0.5) is 5.69 Å².